The van der Waals surface area contributed by atoms with Gasteiger partial charge in [0, 0.05) is 44.3 Å². The number of carbonyl (C=O) groups excluding carboxylic acids is 1. The van der Waals surface area contributed by atoms with Crippen molar-refractivity contribution in [2.45, 2.75) is 33.0 Å². The molecule has 2 aromatic rings. The molecule has 1 atom stereocenters. The third-order valence-electron chi connectivity index (χ3n) is 7.55. The van der Waals surface area contributed by atoms with Crippen LogP contribution < -0.4 is 10.2 Å². The third kappa shape index (κ3) is 5.56. The molecule has 1 aromatic heterocycles. The van der Waals surface area contributed by atoms with Gasteiger partial charge in [-0.05, 0) is 44.0 Å². The second-order valence-corrected chi connectivity index (χ2v) is 10.0. The lowest BCUT2D eigenvalue weighted by Crippen LogP contribution is -2.57. The summed E-state index contributed by atoms with van der Waals surface area (Å²) in [6.45, 7) is 10.9. The molecule has 12 heteroatoms. The zero-order valence-corrected chi connectivity index (χ0v) is 22.3. The first-order valence-corrected chi connectivity index (χ1v) is 13.0. The highest BCUT2D eigenvalue weighted by molar-refractivity contribution is 5.96. The number of alkyl halides is 3. The molecule has 0 saturated carbocycles. The fourth-order valence-corrected chi connectivity index (χ4v) is 5.17. The molecule has 2 saturated heterocycles. The number of aromatic nitrogens is 2. The molecular formula is C27H32F3N7O2. The number of hydrogen-bond donors (Lipinski definition) is 1. The number of amidine groups is 1. The van der Waals surface area contributed by atoms with Gasteiger partial charge < -0.3 is 24.8 Å². The molecule has 39 heavy (non-hydrogen) atoms. The van der Waals surface area contributed by atoms with Crippen molar-refractivity contribution in [1.82, 2.24) is 25.3 Å². The Morgan fingerprint density at radius 1 is 1.03 bits per heavy atom. The zero-order valence-electron chi connectivity index (χ0n) is 22.3. The number of benzene rings is 1. The van der Waals surface area contributed by atoms with Gasteiger partial charge in [-0.3, -0.25) is 4.79 Å². The summed E-state index contributed by atoms with van der Waals surface area (Å²) in [5, 5.41) is 12.1. The van der Waals surface area contributed by atoms with Crippen LogP contribution in [0.3, 0.4) is 0 Å². The first-order valence-electron chi connectivity index (χ1n) is 13.0. The Labute approximate surface area is 225 Å². The van der Waals surface area contributed by atoms with Crippen molar-refractivity contribution in [3.8, 4) is 11.3 Å². The molecule has 1 aromatic carbocycles. The first-order chi connectivity index (χ1) is 18.6. The molecule has 0 aliphatic carbocycles. The van der Waals surface area contributed by atoms with E-state index >= 15 is 0 Å². The summed E-state index contributed by atoms with van der Waals surface area (Å²) in [6, 6.07) is 5.15. The summed E-state index contributed by atoms with van der Waals surface area (Å²) in [5.41, 5.74) is 2.83. The second-order valence-electron chi connectivity index (χ2n) is 10.0. The van der Waals surface area contributed by atoms with E-state index in [1.807, 2.05) is 13.8 Å². The van der Waals surface area contributed by atoms with Crippen LogP contribution in [-0.4, -0.2) is 90.3 Å². The number of ether oxygens (including phenoxy) is 1. The monoisotopic (exact) mass is 543 g/mol. The summed E-state index contributed by atoms with van der Waals surface area (Å²) >= 11 is 0. The number of carbonyl (C=O) groups is 1. The highest BCUT2D eigenvalue weighted by atomic mass is 19.4. The van der Waals surface area contributed by atoms with Crippen LogP contribution in [0.15, 0.2) is 41.2 Å². The van der Waals surface area contributed by atoms with Crippen molar-refractivity contribution in [2.24, 2.45) is 4.99 Å². The zero-order chi connectivity index (χ0) is 27.7. The van der Waals surface area contributed by atoms with Crippen LogP contribution in [0.2, 0.25) is 0 Å². The lowest BCUT2D eigenvalue weighted by molar-refractivity contribution is -0.137. The van der Waals surface area contributed by atoms with E-state index in [1.54, 1.807) is 11.1 Å². The Hall–Kier alpha value is -3.67. The lowest BCUT2D eigenvalue weighted by atomic mass is 10.0. The maximum absolute atomic E-state index is 13.0. The number of halogens is 3. The molecule has 1 N–H and O–H groups in total. The van der Waals surface area contributed by atoms with Gasteiger partial charge in [0.2, 0.25) is 0 Å². The topological polar surface area (TPSA) is 86.2 Å². The Kier molecular flexibility index (Phi) is 7.48. The van der Waals surface area contributed by atoms with E-state index < -0.39 is 11.7 Å². The molecular weight excluding hydrogens is 511 g/mol. The van der Waals surface area contributed by atoms with Crippen LogP contribution in [0.1, 0.15) is 23.6 Å². The molecule has 3 aliphatic heterocycles. The predicted octanol–water partition coefficient (Wildman–Crippen LogP) is 2.99. The van der Waals surface area contributed by atoms with Crippen molar-refractivity contribution >= 4 is 17.6 Å². The Balaban J connectivity index is 1.26. The number of hydrogen-bond acceptors (Lipinski definition) is 8. The average molecular weight is 544 g/mol. The van der Waals surface area contributed by atoms with Gasteiger partial charge in [0.25, 0.3) is 5.91 Å². The molecule has 208 valence electrons. The van der Waals surface area contributed by atoms with Gasteiger partial charge in [0.15, 0.2) is 5.82 Å². The lowest BCUT2D eigenvalue weighted by Gasteiger charge is -2.43. The van der Waals surface area contributed by atoms with Gasteiger partial charge in [-0.1, -0.05) is 12.1 Å². The van der Waals surface area contributed by atoms with Crippen LogP contribution in [0.25, 0.3) is 11.3 Å². The molecule has 0 bridgehead atoms. The van der Waals surface area contributed by atoms with E-state index in [4.69, 9.17) is 4.74 Å². The molecule has 0 radical (unpaired) electrons. The van der Waals surface area contributed by atoms with Crippen molar-refractivity contribution in [3.05, 3.63) is 52.9 Å². The smallest absolute Gasteiger partial charge is 0.378 e. The Morgan fingerprint density at radius 2 is 1.74 bits per heavy atom. The number of aliphatic imine (C=N–C) groups is 1. The number of morpholine rings is 1. The number of nitrogens with one attached hydrogen (secondary N) is 1. The van der Waals surface area contributed by atoms with Crippen LogP contribution in [0, 0.1) is 13.8 Å². The summed E-state index contributed by atoms with van der Waals surface area (Å²) in [4.78, 5) is 23.5. The van der Waals surface area contributed by atoms with Crippen molar-refractivity contribution < 1.29 is 22.7 Å². The maximum atomic E-state index is 13.0. The summed E-state index contributed by atoms with van der Waals surface area (Å²) in [5.74, 6) is 1.61. The molecule has 2 fully saturated rings. The standard InChI is InChI=1S/C27H32F3N7O2/c1-17-16-36(8-9-37(17)23-15-31-22(14-32-23)26(38)35-10-12-39-13-11-35)25-19(3)18(2)24(33-34-25)20-4-6-21(7-5-20)27(28,29)30/h4-7,14,17,31H,8-13,15-16H2,1-3H3/t17-/m1/s1. The molecule has 0 unspecified atom stereocenters. The van der Waals surface area contributed by atoms with Crippen LogP contribution in [0.4, 0.5) is 19.0 Å². The fourth-order valence-electron chi connectivity index (χ4n) is 5.17. The summed E-state index contributed by atoms with van der Waals surface area (Å²) in [6.07, 6.45) is -2.76. The minimum atomic E-state index is -4.38. The molecule has 9 nitrogen and oxygen atoms in total. The van der Waals surface area contributed by atoms with Gasteiger partial charge in [-0.25, -0.2) is 4.99 Å². The predicted molar refractivity (Wildman–Crippen MR) is 141 cm³/mol. The molecule has 5 rings (SSSR count). The van der Waals surface area contributed by atoms with E-state index in [9.17, 15) is 18.0 Å². The minimum absolute atomic E-state index is 0.0527. The van der Waals surface area contributed by atoms with E-state index in [2.05, 4.69) is 37.2 Å². The average Bonchev–Trinajstić information content (AvgIpc) is 2.94. The van der Waals surface area contributed by atoms with Crippen molar-refractivity contribution in [3.63, 3.8) is 0 Å². The molecule has 1 amide bonds. The number of rotatable bonds is 3. The van der Waals surface area contributed by atoms with E-state index in [-0.39, 0.29) is 11.9 Å². The van der Waals surface area contributed by atoms with Gasteiger partial charge in [0.1, 0.15) is 11.5 Å². The first kappa shape index (κ1) is 26.9. The quantitative estimate of drug-likeness (QED) is 0.637. The number of piperazine rings is 1. The highest BCUT2D eigenvalue weighted by Gasteiger charge is 2.32. The van der Waals surface area contributed by atoms with Crippen LogP contribution in [-0.2, 0) is 15.7 Å². The molecule has 3 aliphatic rings. The van der Waals surface area contributed by atoms with Gasteiger partial charge in [-0.15, -0.1) is 10.2 Å². The number of anilines is 1. The summed E-state index contributed by atoms with van der Waals surface area (Å²) in [7, 11) is 0. The Bertz CT molecular complexity index is 1290. The van der Waals surface area contributed by atoms with Crippen LogP contribution in [0.5, 0.6) is 0 Å². The maximum Gasteiger partial charge on any atom is 0.416 e. The number of amides is 1. The third-order valence-corrected chi connectivity index (χ3v) is 7.55. The van der Waals surface area contributed by atoms with Gasteiger partial charge in [0.05, 0.1) is 37.2 Å². The SMILES string of the molecule is Cc1c(-c2ccc(C(F)(F)F)cc2)nnc(N2CCN(C3=NC=C(C(=O)N4CCOCC4)NC3)[C@H](C)C2)c1C. The second kappa shape index (κ2) is 10.8. The Morgan fingerprint density at radius 3 is 2.36 bits per heavy atom. The highest BCUT2D eigenvalue weighted by Crippen LogP contribution is 2.33. The minimum Gasteiger partial charge on any atom is -0.378 e. The number of nitrogens with zero attached hydrogens (tertiary/aromatic N) is 6. The van der Waals surface area contributed by atoms with Gasteiger partial charge in [-0.2, -0.15) is 13.2 Å². The summed E-state index contributed by atoms with van der Waals surface area (Å²) < 4.78 is 44.2. The largest absolute Gasteiger partial charge is 0.416 e. The normalized spacial score (nSPS) is 20.4. The van der Waals surface area contributed by atoms with E-state index in [0.29, 0.717) is 62.9 Å². The fraction of sp³-hybridized carbons (Fsp3) is 0.481. The molecule has 0 spiro atoms. The van der Waals surface area contributed by atoms with Gasteiger partial charge >= 0.3 is 6.18 Å². The van der Waals surface area contributed by atoms with E-state index in [0.717, 1.165) is 41.5 Å². The van der Waals surface area contributed by atoms with Crippen molar-refractivity contribution in [2.75, 3.05) is 57.4 Å². The van der Waals surface area contributed by atoms with Crippen LogP contribution >= 0.6 is 0 Å². The van der Waals surface area contributed by atoms with E-state index in [1.165, 1.54) is 12.1 Å². The molecule has 4 heterocycles. The van der Waals surface area contributed by atoms with Crippen molar-refractivity contribution in [1.29, 1.82) is 0 Å².